The van der Waals surface area contributed by atoms with Gasteiger partial charge in [-0.05, 0) is 44.4 Å². The van der Waals surface area contributed by atoms with Crippen LogP contribution in [0.1, 0.15) is 36.4 Å². The van der Waals surface area contributed by atoms with Gasteiger partial charge in [-0.2, -0.15) is 0 Å². The van der Waals surface area contributed by atoms with E-state index in [2.05, 4.69) is 46.8 Å². The minimum absolute atomic E-state index is 0.0760. The average molecular weight is 464 g/mol. The number of hydrogen-bond donors (Lipinski definition) is 0. The number of rotatable bonds is 6. The van der Waals surface area contributed by atoms with Gasteiger partial charge < -0.3 is 9.47 Å². The van der Waals surface area contributed by atoms with Gasteiger partial charge in [0.1, 0.15) is 5.01 Å². The van der Waals surface area contributed by atoms with Crippen LogP contribution in [0, 0.1) is 6.92 Å². The highest BCUT2D eigenvalue weighted by atomic mass is 32.2. The first-order valence-corrected chi connectivity index (χ1v) is 12.7. The summed E-state index contributed by atoms with van der Waals surface area (Å²) >= 11 is 3.17. The second-order valence-electron chi connectivity index (χ2n) is 7.92. The van der Waals surface area contributed by atoms with Gasteiger partial charge in [-0.15, -0.1) is 21.5 Å². The Morgan fingerprint density at radius 1 is 1.16 bits per heavy atom. The van der Waals surface area contributed by atoms with E-state index in [1.807, 2.05) is 35.2 Å². The van der Waals surface area contributed by atoms with Crippen LogP contribution in [0.25, 0.3) is 21.6 Å². The number of thioether (sulfide) groups is 1. The minimum Gasteiger partial charge on any atom is -0.332 e. The van der Waals surface area contributed by atoms with Crippen LogP contribution < -0.4 is 0 Å². The zero-order valence-electron chi connectivity index (χ0n) is 18.2. The maximum Gasteiger partial charge on any atom is 0.233 e. The second kappa shape index (κ2) is 9.03. The summed E-state index contributed by atoms with van der Waals surface area (Å²) in [6, 6.07) is 16.4. The van der Waals surface area contributed by atoms with Gasteiger partial charge in [0.15, 0.2) is 11.0 Å². The van der Waals surface area contributed by atoms with E-state index in [-0.39, 0.29) is 11.9 Å². The van der Waals surface area contributed by atoms with Gasteiger partial charge >= 0.3 is 0 Å². The number of aryl methyl sites for hydroxylation is 1. The van der Waals surface area contributed by atoms with Crippen LogP contribution in [0.3, 0.4) is 0 Å². The first kappa shape index (κ1) is 21.2. The van der Waals surface area contributed by atoms with Gasteiger partial charge in [-0.1, -0.05) is 48.2 Å². The number of thiazole rings is 1. The molecule has 164 valence electrons. The van der Waals surface area contributed by atoms with E-state index in [9.17, 15) is 4.79 Å². The highest BCUT2D eigenvalue weighted by Crippen LogP contribution is 2.37. The molecule has 0 aliphatic carbocycles. The lowest BCUT2D eigenvalue weighted by atomic mass is 10.1. The molecule has 1 unspecified atom stereocenters. The molecule has 5 rings (SSSR count). The van der Waals surface area contributed by atoms with E-state index >= 15 is 0 Å². The zero-order chi connectivity index (χ0) is 22.1. The van der Waals surface area contributed by atoms with E-state index in [0.717, 1.165) is 58.6 Å². The largest absolute Gasteiger partial charge is 0.332 e. The van der Waals surface area contributed by atoms with Gasteiger partial charge in [-0.25, -0.2) is 4.98 Å². The van der Waals surface area contributed by atoms with Crippen LogP contribution in [0.4, 0.5) is 0 Å². The standard InChI is InChI=1S/C24H25N5OS2/c1-3-28-22(17-10-5-4-9-16(17)2)26-27-24(28)31-15-21(30)29-14-8-12-19(29)23-25-18-11-6-7-13-20(18)32-23/h4-7,9-11,13,19H,3,8,12,14-15H2,1-2H3. The number of carbonyl (C=O) groups is 1. The molecule has 1 aliphatic rings. The smallest absolute Gasteiger partial charge is 0.233 e. The quantitative estimate of drug-likeness (QED) is 0.361. The van der Waals surface area contributed by atoms with Gasteiger partial charge in [-0.3, -0.25) is 4.79 Å². The number of likely N-dealkylation sites (tertiary alicyclic amines) is 1. The molecule has 1 atom stereocenters. The fraction of sp³-hybridized carbons (Fsp3) is 0.333. The Labute approximate surface area is 195 Å². The molecule has 1 amide bonds. The van der Waals surface area contributed by atoms with Crippen LogP contribution in [-0.4, -0.2) is 42.9 Å². The van der Waals surface area contributed by atoms with Crippen LogP contribution in [-0.2, 0) is 11.3 Å². The van der Waals surface area contributed by atoms with Crippen molar-refractivity contribution in [1.82, 2.24) is 24.6 Å². The van der Waals surface area contributed by atoms with E-state index < -0.39 is 0 Å². The van der Waals surface area contributed by atoms with Crippen molar-refractivity contribution >= 4 is 39.2 Å². The first-order valence-electron chi connectivity index (χ1n) is 10.9. The Kier molecular flexibility index (Phi) is 5.97. The fourth-order valence-electron chi connectivity index (χ4n) is 4.27. The number of carbonyl (C=O) groups excluding carboxylic acids is 1. The molecule has 0 saturated carbocycles. The molecule has 1 saturated heterocycles. The molecule has 0 spiro atoms. The van der Waals surface area contributed by atoms with Gasteiger partial charge in [0.25, 0.3) is 0 Å². The molecular formula is C24H25N5OS2. The van der Waals surface area contributed by atoms with Crippen molar-refractivity contribution in [3.63, 3.8) is 0 Å². The highest BCUT2D eigenvalue weighted by Gasteiger charge is 2.32. The number of benzene rings is 2. The van der Waals surface area contributed by atoms with Crippen LogP contribution >= 0.6 is 23.1 Å². The summed E-state index contributed by atoms with van der Waals surface area (Å²) in [5.74, 6) is 1.35. The second-order valence-corrected chi connectivity index (χ2v) is 9.92. The molecule has 1 fully saturated rings. The van der Waals surface area contributed by atoms with Crippen molar-refractivity contribution < 1.29 is 4.79 Å². The molecule has 32 heavy (non-hydrogen) atoms. The number of para-hydroxylation sites is 1. The molecule has 3 heterocycles. The molecular weight excluding hydrogens is 438 g/mol. The van der Waals surface area contributed by atoms with Crippen LogP contribution in [0.2, 0.25) is 0 Å². The summed E-state index contributed by atoms with van der Waals surface area (Å²) in [6.07, 6.45) is 1.98. The first-order chi connectivity index (χ1) is 15.7. The zero-order valence-corrected chi connectivity index (χ0v) is 19.8. The van der Waals surface area contributed by atoms with Crippen molar-refractivity contribution in [2.45, 2.75) is 44.4 Å². The summed E-state index contributed by atoms with van der Waals surface area (Å²) < 4.78 is 3.27. The molecule has 4 aromatic rings. The molecule has 8 heteroatoms. The van der Waals surface area contributed by atoms with Gasteiger partial charge in [0, 0.05) is 18.7 Å². The van der Waals surface area contributed by atoms with Gasteiger partial charge in [0.2, 0.25) is 5.91 Å². The van der Waals surface area contributed by atoms with Crippen molar-refractivity contribution in [2.24, 2.45) is 0 Å². The summed E-state index contributed by atoms with van der Waals surface area (Å²) in [5.41, 5.74) is 3.26. The molecule has 2 aromatic carbocycles. The monoisotopic (exact) mass is 463 g/mol. The molecule has 1 aliphatic heterocycles. The third-order valence-corrected chi connectivity index (χ3v) is 8.00. The van der Waals surface area contributed by atoms with Crippen LogP contribution in [0.15, 0.2) is 53.7 Å². The lowest BCUT2D eigenvalue weighted by Gasteiger charge is -2.22. The number of fused-ring (bicyclic) bond motifs is 1. The van der Waals surface area contributed by atoms with Gasteiger partial charge in [0.05, 0.1) is 22.0 Å². The Hall–Kier alpha value is -2.71. The summed E-state index contributed by atoms with van der Waals surface area (Å²) in [4.78, 5) is 20.0. The van der Waals surface area contributed by atoms with E-state index in [1.54, 1.807) is 11.3 Å². The molecule has 0 N–H and O–H groups in total. The third kappa shape index (κ3) is 3.93. The minimum atomic E-state index is 0.0760. The lowest BCUT2D eigenvalue weighted by Crippen LogP contribution is -2.32. The third-order valence-electron chi connectivity index (χ3n) is 5.91. The SMILES string of the molecule is CCn1c(SCC(=O)N2CCCC2c2nc3ccccc3s2)nnc1-c1ccccc1C. The normalized spacial score (nSPS) is 16.2. The topological polar surface area (TPSA) is 63.9 Å². The highest BCUT2D eigenvalue weighted by molar-refractivity contribution is 7.99. The summed E-state index contributed by atoms with van der Waals surface area (Å²) in [6.45, 7) is 5.71. The van der Waals surface area contributed by atoms with Crippen molar-refractivity contribution in [1.29, 1.82) is 0 Å². The number of aromatic nitrogens is 4. The van der Waals surface area contributed by atoms with Crippen LogP contribution in [0.5, 0.6) is 0 Å². The van der Waals surface area contributed by atoms with E-state index in [0.29, 0.717) is 5.75 Å². The molecule has 6 nitrogen and oxygen atoms in total. The Morgan fingerprint density at radius 3 is 2.78 bits per heavy atom. The number of amides is 1. The Morgan fingerprint density at radius 2 is 1.97 bits per heavy atom. The van der Waals surface area contributed by atoms with E-state index in [1.165, 1.54) is 16.5 Å². The Balaban J connectivity index is 1.32. The molecule has 0 radical (unpaired) electrons. The number of nitrogens with zero attached hydrogens (tertiary/aromatic N) is 5. The maximum atomic E-state index is 13.2. The predicted molar refractivity (Wildman–Crippen MR) is 130 cm³/mol. The summed E-state index contributed by atoms with van der Waals surface area (Å²) in [5, 5.41) is 10.7. The number of hydrogen-bond acceptors (Lipinski definition) is 6. The lowest BCUT2D eigenvalue weighted by molar-refractivity contribution is -0.129. The fourth-order valence-corrected chi connectivity index (χ4v) is 6.27. The Bertz CT molecular complexity index is 1230. The summed E-state index contributed by atoms with van der Waals surface area (Å²) in [7, 11) is 0. The molecule has 2 aromatic heterocycles. The predicted octanol–water partition coefficient (Wildman–Crippen LogP) is 5.34. The van der Waals surface area contributed by atoms with Crippen molar-refractivity contribution in [3.8, 4) is 11.4 Å². The van der Waals surface area contributed by atoms with Crippen molar-refractivity contribution in [3.05, 3.63) is 59.1 Å². The average Bonchev–Trinajstić information content (AvgIpc) is 3.55. The molecule has 0 bridgehead atoms. The maximum absolute atomic E-state index is 13.2. The van der Waals surface area contributed by atoms with Crippen molar-refractivity contribution in [2.75, 3.05) is 12.3 Å². The van der Waals surface area contributed by atoms with E-state index in [4.69, 9.17) is 4.98 Å².